The minimum atomic E-state index is -0.513. The van der Waals surface area contributed by atoms with E-state index in [1.807, 2.05) is 12.1 Å². The highest BCUT2D eigenvalue weighted by Crippen LogP contribution is 2.32. The van der Waals surface area contributed by atoms with Crippen molar-refractivity contribution < 1.29 is 14.4 Å². The molecule has 0 bridgehead atoms. The summed E-state index contributed by atoms with van der Waals surface area (Å²) in [5.41, 5.74) is 14.1. The highest BCUT2D eigenvalue weighted by atomic mass is 16.2. The number of nitrogens with zero attached hydrogens (tertiary/aromatic N) is 1. The molecule has 5 N–H and O–H groups in total. The summed E-state index contributed by atoms with van der Waals surface area (Å²) in [7, 11) is 0. The lowest BCUT2D eigenvalue weighted by Crippen LogP contribution is -2.31. The monoisotopic (exact) mass is 563 g/mol. The number of carbonyl (C=O) groups is 3. The molecule has 2 aliphatic rings. The molecule has 1 saturated carbocycles. The van der Waals surface area contributed by atoms with Gasteiger partial charge in [-0.15, -0.1) is 0 Å². The van der Waals surface area contributed by atoms with Crippen molar-refractivity contribution in [1.82, 2.24) is 9.97 Å². The van der Waals surface area contributed by atoms with Crippen LogP contribution >= 0.6 is 0 Å². The predicted molar refractivity (Wildman–Crippen MR) is 165 cm³/mol. The molecule has 8 heteroatoms. The van der Waals surface area contributed by atoms with E-state index in [2.05, 4.69) is 51.8 Å². The smallest absolute Gasteiger partial charge is 0.228 e. The number of anilines is 2. The average Bonchev–Trinajstić information content (AvgIpc) is 3.62. The summed E-state index contributed by atoms with van der Waals surface area (Å²) in [6.07, 6.45) is 5.97. The number of H-pyrrole nitrogens is 1. The molecule has 0 radical (unpaired) electrons. The van der Waals surface area contributed by atoms with Crippen LogP contribution in [0.1, 0.15) is 53.6 Å². The Balaban J connectivity index is 1.20. The Hall–Kier alpha value is -4.30. The molecule has 42 heavy (non-hydrogen) atoms. The second-order valence-corrected chi connectivity index (χ2v) is 11.8. The first-order valence-electron chi connectivity index (χ1n) is 14.9. The van der Waals surface area contributed by atoms with Gasteiger partial charge in [-0.2, -0.15) is 0 Å². The number of benzene rings is 3. The number of hydrogen-bond donors (Lipinski definition) is 4. The third-order valence-electron chi connectivity index (χ3n) is 8.99. The Morgan fingerprint density at radius 1 is 1.02 bits per heavy atom. The number of fused-ring (bicyclic) bond motifs is 2. The Kier molecular flexibility index (Phi) is 7.89. The van der Waals surface area contributed by atoms with Gasteiger partial charge in [0.05, 0.1) is 23.9 Å². The number of aromatic amines is 1. The summed E-state index contributed by atoms with van der Waals surface area (Å²) >= 11 is 0. The number of nitrogens with one attached hydrogen (secondary N) is 3. The fourth-order valence-corrected chi connectivity index (χ4v) is 6.42. The van der Waals surface area contributed by atoms with E-state index in [0.717, 1.165) is 64.7 Å². The van der Waals surface area contributed by atoms with Crippen LogP contribution in [0.25, 0.3) is 22.2 Å². The van der Waals surface area contributed by atoms with E-state index in [1.165, 1.54) is 0 Å². The van der Waals surface area contributed by atoms with Crippen LogP contribution in [-0.4, -0.2) is 40.5 Å². The van der Waals surface area contributed by atoms with Crippen LogP contribution in [0.15, 0.2) is 60.9 Å². The van der Waals surface area contributed by atoms with Gasteiger partial charge in [0, 0.05) is 35.2 Å². The Morgan fingerprint density at radius 2 is 1.81 bits per heavy atom. The van der Waals surface area contributed by atoms with Crippen molar-refractivity contribution in [3.05, 3.63) is 77.6 Å². The topological polar surface area (TPSA) is 130 Å². The normalized spacial score (nSPS) is 18.9. The molecule has 0 spiro atoms. The number of aromatic nitrogens is 2. The van der Waals surface area contributed by atoms with Crippen molar-refractivity contribution in [1.29, 1.82) is 0 Å². The summed E-state index contributed by atoms with van der Waals surface area (Å²) in [6, 6.07) is 17.7. The van der Waals surface area contributed by atoms with Gasteiger partial charge in [-0.3, -0.25) is 14.4 Å². The first-order valence-corrected chi connectivity index (χ1v) is 14.9. The number of carbonyl (C=O) groups excluding carboxylic acids is 3. The molecule has 3 aromatic carbocycles. The molecule has 0 saturated heterocycles. The molecule has 1 aromatic heterocycles. The number of nitrogens with two attached hydrogens (primary N) is 1. The van der Waals surface area contributed by atoms with Gasteiger partial charge in [0.25, 0.3) is 0 Å². The van der Waals surface area contributed by atoms with Gasteiger partial charge in [-0.05, 0) is 104 Å². The molecule has 0 unspecified atom stereocenters. The van der Waals surface area contributed by atoms with Crippen LogP contribution in [0.3, 0.4) is 0 Å². The van der Waals surface area contributed by atoms with Crippen molar-refractivity contribution in [2.45, 2.75) is 45.4 Å². The lowest BCUT2D eigenvalue weighted by atomic mass is 9.77. The lowest BCUT2D eigenvalue weighted by Gasteiger charge is -2.27. The molecule has 1 amide bonds. The lowest BCUT2D eigenvalue weighted by molar-refractivity contribution is -0.129. The van der Waals surface area contributed by atoms with Gasteiger partial charge < -0.3 is 21.4 Å². The molecule has 2 heterocycles. The largest absolute Gasteiger partial charge is 0.377 e. The maximum Gasteiger partial charge on any atom is 0.228 e. The number of rotatable bonds is 9. The van der Waals surface area contributed by atoms with Crippen LogP contribution in [0.4, 0.5) is 11.4 Å². The number of ketones is 2. The zero-order valence-corrected chi connectivity index (χ0v) is 23.9. The van der Waals surface area contributed by atoms with Crippen molar-refractivity contribution in [2.24, 2.45) is 23.5 Å². The third-order valence-corrected chi connectivity index (χ3v) is 8.99. The Labute approximate surface area is 245 Å². The van der Waals surface area contributed by atoms with Gasteiger partial charge >= 0.3 is 0 Å². The zero-order valence-electron chi connectivity index (χ0n) is 23.9. The van der Waals surface area contributed by atoms with E-state index < -0.39 is 5.92 Å². The maximum absolute atomic E-state index is 13.7. The van der Waals surface area contributed by atoms with Gasteiger partial charge in [-0.1, -0.05) is 24.3 Å². The molecule has 8 nitrogen and oxygen atoms in total. The number of Topliss-reactive ketones (excluding diaryl/α,β-unsaturated/α-hetero) is 2. The van der Waals surface area contributed by atoms with E-state index >= 15 is 0 Å². The number of imidazole rings is 1. The summed E-state index contributed by atoms with van der Waals surface area (Å²) in [5.74, 6) is -0.0253. The first kappa shape index (κ1) is 27.8. The Bertz CT molecular complexity index is 1630. The van der Waals surface area contributed by atoms with Crippen LogP contribution in [-0.2, 0) is 16.0 Å². The number of aryl methyl sites for hydroxylation is 1. The quantitative estimate of drug-likeness (QED) is 0.208. The SMILES string of the molecule is Cc1cc2[nH]cnc2cc1-c1ccc(C[C@H](CC(=O)C2CCC(CN)CC2)C(=O)Nc2ccc3c(c2)NCC3=O)cc1. The summed E-state index contributed by atoms with van der Waals surface area (Å²) in [4.78, 5) is 46.6. The molecule has 1 aliphatic carbocycles. The van der Waals surface area contributed by atoms with Crippen molar-refractivity contribution in [2.75, 3.05) is 23.7 Å². The predicted octanol–water partition coefficient (Wildman–Crippen LogP) is 5.67. The first-order chi connectivity index (χ1) is 20.4. The number of hydrogen-bond acceptors (Lipinski definition) is 6. The van der Waals surface area contributed by atoms with Crippen LogP contribution in [0, 0.1) is 24.7 Å². The highest BCUT2D eigenvalue weighted by Gasteiger charge is 2.30. The second kappa shape index (κ2) is 11.9. The second-order valence-electron chi connectivity index (χ2n) is 11.8. The van der Waals surface area contributed by atoms with Gasteiger partial charge in [0.1, 0.15) is 5.78 Å². The van der Waals surface area contributed by atoms with E-state index in [4.69, 9.17) is 5.73 Å². The van der Waals surface area contributed by atoms with Crippen LogP contribution in [0.2, 0.25) is 0 Å². The van der Waals surface area contributed by atoms with E-state index in [0.29, 0.717) is 30.1 Å². The van der Waals surface area contributed by atoms with E-state index in [-0.39, 0.29) is 36.4 Å². The molecule has 6 rings (SSSR count). The molecule has 216 valence electrons. The molecular formula is C34H37N5O3. The standard InChI is InChI=1S/C34H37N5O3/c1-20-12-30-31(38-19-37-30)16-28(20)23-6-2-21(3-7-23)13-25(14-32(40)24-8-4-22(17-35)5-9-24)34(42)39-26-10-11-27-29(15-26)36-18-33(27)41/h2-3,6-7,10-12,15-16,19,22,24-25,36H,4-5,8-9,13-14,17-18,35H2,1H3,(H,37,38)(H,39,42)/t22?,24?,25-/m1/s1. The molecule has 4 aromatic rings. The van der Waals surface area contributed by atoms with E-state index in [9.17, 15) is 14.4 Å². The zero-order chi connectivity index (χ0) is 29.2. The molecule has 1 atom stereocenters. The third kappa shape index (κ3) is 5.85. The molecule has 1 fully saturated rings. The van der Waals surface area contributed by atoms with Crippen molar-refractivity contribution in [3.8, 4) is 11.1 Å². The molecule has 1 aliphatic heterocycles. The molecular weight excluding hydrogens is 526 g/mol. The fraction of sp³-hybridized carbons (Fsp3) is 0.353. The maximum atomic E-state index is 13.7. The Morgan fingerprint density at radius 3 is 2.57 bits per heavy atom. The van der Waals surface area contributed by atoms with E-state index in [1.54, 1.807) is 24.5 Å². The van der Waals surface area contributed by atoms with Gasteiger partial charge in [0.15, 0.2) is 5.78 Å². The summed E-state index contributed by atoms with van der Waals surface area (Å²) < 4.78 is 0. The van der Waals surface area contributed by atoms with Gasteiger partial charge in [0.2, 0.25) is 5.91 Å². The number of amides is 1. The summed E-state index contributed by atoms with van der Waals surface area (Å²) in [5, 5.41) is 6.10. The minimum Gasteiger partial charge on any atom is -0.377 e. The minimum absolute atomic E-state index is 0.0133. The van der Waals surface area contributed by atoms with Gasteiger partial charge in [-0.25, -0.2) is 4.98 Å². The van der Waals surface area contributed by atoms with Crippen molar-refractivity contribution >= 4 is 39.9 Å². The van der Waals surface area contributed by atoms with Crippen LogP contribution < -0.4 is 16.4 Å². The fourth-order valence-electron chi connectivity index (χ4n) is 6.42. The van der Waals surface area contributed by atoms with Crippen molar-refractivity contribution in [3.63, 3.8) is 0 Å². The highest BCUT2D eigenvalue weighted by molar-refractivity contribution is 6.09. The summed E-state index contributed by atoms with van der Waals surface area (Å²) in [6.45, 7) is 3.01. The van der Waals surface area contributed by atoms with Crippen LogP contribution in [0.5, 0.6) is 0 Å². The average molecular weight is 564 g/mol.